The molecule has 0 saturated carbocycles. The molecule has 188 valence electrons. The molecule has 1 fully saturated rings. The number of halogens is 3. The number of fused-ring (bicyclic) bond motifs is 1. The van der Waals surface area contributed by atoms with Gasteiger partial charge in [0.1, 0.15) is 28.6 Å². The quantitative estimate of drug-likeness (QED) is 0.149. The molecule has 1 unspecified atom stereocenters. The summed E-state index contributed by atoms with van der Waals surface area (Å²) >= 11 is 14.6. The van der Waals surface area contributed by atoms with E-state index < -0.39 is 24.0 Å². The fourth-order valence-corrected chi connectivity index (χ4v) is 5.92. The van der Waals surface area contributed by atoms with Gasteiger partial charge in [0, 0.05) is 9.77 Å². The highest BCUT2D eigenvalue weighted by atomic mass is 127. The highest BCUT2D eigenvalue weighted by Gasteiger charge is 2.55. The smallest absolute Gasteiger partial charge is 0.225 e. The minimum absolute atomic E-state index is 0.0144. The van der Waals surface area contributed by atoms with Crippen LogP contribution in [0.1, 0.15) is 24.3 Å². The van der Waals surface area contributed by atoms with E-state index in [1.807, 2.05) is 66.9 Å². The van der Waals surface area contributed by atoms with Gasteiger partial charge in [0.05, 0.1) is 25.2 Å². The first-order valence-corrected chi connectivity index (χ1v) is 13.2. The van der Waals surface area contributed by atoms with Crippen LogP contribution in [-0.2, 0) is 27.4 Å². The monoisotopic (exact) mass is 639 g/mol. The van der Waals surface area contributed by atoms with Crippen LogP contribution in [0.3, 0.4) is 0 Å². The van der Waals surface area contributed by atoms with E-state index in [1.165, 1.54) is 0 Å². The Morgan fingerprint density at radius 2 is 1.67 bits per heavy atom. The van der Waals surface area contributed by atoms with Crippen molar-refractivity contribution >= 4 is 56.8 Å². The van der Waals surface area contributed by atoms with Crippen molar-refractivity contribution in [2.75, 3.05) is 6.61 Å². The largest absolute Gasteiger partial charge is 0.383 e. The molecule has 2 aromatic carbocycles. The van der Waals surface area contributed by atoms with Crippen molar-refractivity contribution in [3.05, 3.63) is 92.0 Å². The topological polar surface area (TPSA) is 78.6 Å². The van der Waals surface area contributed by atoms with Crippen molar-refractivity contribution in [1.82, 2.24) is 14.5 Å². The molecule has 0 aliphatic carbocycles. The van der Waals surface area contributed by atoms with E-state index in [1.54, 1.807) is 11.5 Å². The number of aromatic nitrogens is 3. The molecule has 0 radical (unpaired) electrons. The van der Waals surface area contributed by atoms with E-state index in [0.29, 0.717) is 24.2 Å². The second-order valence-corrected chi connectivity index (χ2v) is 10.7. The Balaban J connectivity index is 1.44. The maximum absolute atomic E-state index is 11.8. The van der Waals surface area contributed by atoms with Crippen LogP contribution in [0.2, 0.25) is 10.4 Å². The molecular weight excluding hydrogens is 616 g/mol. The molecule has 1 N–H and O–H groups in total. The molecule has 4 atom stereocenters. The van der Waals surface area contributed by atoms with E-state index in [2.05, 4.69) is 32.6 Å². The van der Waals surface area contributed by atoms with Crippen molar-refractivity contribution in [1.29, 1.82) is 0 Å². The zero-order valence-electron chi connectivity index (χ0n) is 19.4. The van der Waals surface area contributed by atoms with Gasteiger partial charge in [-0.25, -0.2) is 4.98 Å². The molecule has 5 rings (SSSR count). The summed E-state index contributed by atoms with van der Waals surface area (Å²) in [6.45, 7) is 2.67. The fraction of sp³-hybridized carbons (Fsp3) is 0.308. The first-order chi connectivity index (χ1) is 17.3. The second kappa shape index (κ2) is 10.9. The van der Waals surface area contributed by atoms with Crippen molar-refractivity contribution in [3.63, 3.8) is 0 Å². The predicted octanol–water partition coefficient (Wildman–Crippen LogP) is 5.79. The molecule has 0 spiro atoms. The summed E-state index contributed by atoms with van der Waals surface area (Å²) in [5, 5.41) is 12.7. The predicted molar refractivity (Wildman–Crippen MR) is 146 cm³/mol. The standard InChI is InChI=1S/C26H24Cl2IN3O4/c1-26(33)21(35-14-17-10-6-3-7-11-17)19(15-34-13-16-8-4-2-5-9-16)36-24(26)32-12-18(29)20-22(27)30-25(28)31-23(20)32/h2-12,19,21,24,33H,13-15H2,1H3/t19-,21-,24?,26-/m1/s1. The van der Waals surface area contributed by atoms with Gasteiger partial charge in [-0.3, -0.25) is 0 Å². The number of rotatable bonds is 8. The van der Waals surface area contributed by atoms with E-state index in [9.17, 15) is 5.11 Å². The molecule has 4 aromatic rings. The summed E-state index contributed by atoms with van der Waals surface area (Å²) in [5.74, 6) is 0. The number of aliphatic hydroxyl groups is 1. The lowest BCUT2D eigenvalue weighted by molar-refractivity contribution is -0.114. The highest BCUT2D eigenvalue weighted by Crippen LogP contribution is 2.43. The molecule has 2 aromatic heterocycles. The van der Waals surface area contributed by atoms with Crippen LogP contribution in [0.15, 0.2) is 66.9 Å². The molecule has 1 saturated heterocycles. The average molecular weight is 640 g/mol. The number of nitrogens with zero attached hydrogens (tertiary/aromatic N) is 3. The normalized spacial score (nSPS) is 24.0. The summed E-state index contributed by atoms with van der Waals surface area (Å²) < 4.78 is 21.3. The second-order valence-electron chi connectivity index (χ2n) is 8.84. The molecular formula is C26H24Cl2IN3O4. The summed E-state index contributed by atoms with van der Waals surface area (Å²) in [6, 6.07) is 19.7. The molecule has 0 bridgehead atoms. The lowest BCUT2D eigenvalue weighted by Crippen LogP contribution is -2.46. The fourth-order valence-electron chi connectivity index (χ4n) is 4.49. The number of hydrogen-bond acceptors (Lipinski definition) is 6. The van der Waals surface area contributed by atoms with Crippen LogP contribution < -0.4 is 0 Å². The van der Waals surface area contributed by atoms with E-state index >= 15 is 0 Å². The first kappa shape index (κ1) is 25.8. The molecule has 0 amide bonds. The van der Waals surface area contributed by atoms with Gasteiger partial charge >= 0.3 is 0 Å². The van der Waals surface area contributed by atoms with Crippen molar-refractivity contribution < 1.29 is 19.3 Å². The van der Waals surface area contributed by atoms with Gasteiger partial charge in [0.2, 0.25) is 5.28 Å². The number of hydrogen-bond donors (Lipinski definition) is 1. The number of ether oxygens (including phenoxy) is 3. The maximum Gasteiger partial charge on any atom is 0.225 e. The van der Waals surface area contributed by atoms with Gasteiger partial charge in [0.15, 0.2) is 6.23 Å². The Morgan fingerprint density at radius 1 is 1.03 bits per heavy atom. The Hall–Kier alpha value is -1.79. The van der Waals surface area contributed by atoms with Gasteiger partial charge in [-0.2, -0.15) is 4.98 Å². The van der Waals surface area contributed by atoms with E-state index in [0.717, 1.165) is 14.7 Å². The molecule has 10 heteroatoms. The zero-order valence-corrected chi connectivity index (χ0v) is 23.0. The van der Waals surface area contributed by atoms with Gasteiger partial charge in [0.25, 0.3) is 0 Å². The third kappa shape index (κ3) is 5.26. The SMILES string of the molecule is C[C@]1(O)C(n2cc(I)c3c(Cl)nc(Cl)nc32)O[C@H](COCc2ccccc2)[C@H]1OCc1ccccc1. The molecule has 3 heterocycles. The van der Waals surface area contributed by atoms with Gasteiger partial charge in [-0.15, -0.1) is 0 Å². The Labute approximate surface area is 232 Å². The molecule has 1 aliphatic rings. The van der Waals surface area contributed by atoms with Crippen molar-refractivity contribution in [2.45, 2.75) is 44.2 Å². The summed E-state index contributed by atoms with van der Waals surface area (Å²) in [7, 11) is 0. The summed E-state index contributed by atoms with van der Waals surface area (Å²) in [4.78, 5) is 8.43. The van der Waals surface area contributed by atoms with Crippen molar-refractivity contribution in [2.24, 2.45) is 0 Å². The highest BCUT2D eigenvalue weighted by molar-refractivity contribution is 14.1. The maximum atomic E-state index is 11.8. The Kier molecular flexibility index (Phi) is 7.83. The summed E-state index contributed by atoms with van der Waals surface area (Å²) in [6.07, 6.45) is -0.221. The van der Waals surface area contributed by atoms with Crippen LogP contribution in [0, 0.1) is 3.57 Å². The van der Waals surface area contributed by atoms with Gasteiger partial charge in [-0.05, 0) is 52.2 Å². The van der Waals surface area contributed by atoms with Crippen molar-refractivity contribution in [3.8, 4) is 0 Å². The lowest BCUT2D eigenvalue weighted by atomic mass is 9.96. The minimum atomic E-state index is -1.42. The van der Waals surface area contributed by atoms with Crippen LogP contribution in [0.25, 0.3) is 11.0 Å². The van der Waals surface area contributed by atoms with Crippen LogP contribution in [0.5, 0.6) is 0 Å². The first-order valence-electron chi connectivity index (χ1n) is 11.4. The van der Waals surface area contributed by atoms with Crippen LogP contribution in [0.4, 0.5) is 0 Å². The zero-order chi connectivity index (χ0) is 25.3. The van der Waals surface area contributed by atoms with Crippen LogP contribution >= 0.6 is 45.8 Å². The van der Waals surface area contributed by atoms with Crippen LogP contribution in [-0.4, -0.2) is 44.1 Å². The Bertz CT molecular complexity index is 1340. The molecule has 7 nitrogen and oxygen atoms in total. The van der Waals surface area contributed by atoms with Gasteiger partial charge in [-0.1, -0.05) is 72.3 Å². The lowest BCUT2D eigenvalue weighted by Gasteiger charge is -2.30. The number of benzene rings is 2. The molecule has 1 aliphatic heterocycles. The van der Waals surface area contributed by atoms with E-state index in [4.69, 9.17) is 37.4 Å². The summed E-state index contributed by atoms with van der Waals surface area (Å²) in [5.41, 5.74) is 1.09. The van der Waals surface area contributed by atoms with E-state index in [-0.39, 0.29) is 17.0 Å². The average Bonchev–Trinajstić information content (AvgIpc) is 3.31. The third-order valence-electron chi connectivity index (χ3n) is 6.19. The van der Waals surface area contributed by atoms with Gasteiger partial charge < -0.3 is 23.9 Å². The molecule has 36 heavy (non-hydrogen) atoms. The Morgan fingerprint density at radius 3 is 2.33 bits per heavy atom. The third-order valence-corrected chi connectivity index (χ3v) is 7.45. The minimum Gasteiger partial charge on any atom is -0.383 e.